The normalized spacial score (nSPS) is 12.6. The number of esters is 1. The lowest BCUT2D eigenvalue weighted by Gasteiger charge is -2.14. The summed E-state index contributed by atoms with van der Waals surface area (Å²) in [5.74, 6) is -0.653. The van der Waals surface area contributed by atoms with Gasteiger partial charge < -0.3 is 4.74 Å². The van der Waals surface area contributed by atoms with Gasteiger partial charge in [-0.3, -0.25) is 4.79 Å². The van der Waals surface area contributed by atoms with E-state index in [0.717, 1.165) is 10.5 Å². The number of ether oxygens (including phenoxy) is 1. The van der Waals surface area contributed by atoms with Gasteiger partial charge in [0.05, 0.1) is 4.90 Å². The van der Waals surface area contributed by atoms with Crippen LogP contribution < -0.4 is 4.72 Å². The SMILES string of the molecule is CSc1ccc(COC(=O)[C@H](C)NS(=O)(=O)c2cccc(Cl)c2)cc1. The van der Waals surface area contributed by atoms with Gasteiger partial charge in [-0.15, -0.1) is 11.8 Å². The first kappa shape index (κ1) is 19.8. The largest absolute Gasteiger partial charge is 0.460 e. The minimum atomic E-state index is -3.86. The predicted molar refractivity (Wildman–Crippen MR) is 99.3 cm³/mol. The molecule has 0 unspecified atom stereocenters. The van der Waals surface area contributed by atoms with Crippen molar-refractivity contribution in [1.82, 2.24) is 4.72 Å². The molecule has 25 heavy (non-hydrogen) atoms. The Morgan fingerprint density at radius 3 is 2.52 bits per heavy atom. The molecule has 0 fully saturated rings. The number of hydrogen-bond donors (Lipinski definition) is 1. The molecule has 2 aromatic carbocycles. The molecule has 0 saturated carbocycles. The summed E-state index contributed by atoms with van der Waals surface area (Å²) in [7, 11) is -3.86. The average molecular weight is 400 g/mol. The molecule has 1 atom stereocenters. The summed E-state index contributed by atoms with van der Waals surface area (Å²) in [6, 6.07) is 12.4. The van der Waals surface area contributed by atoms with E-state index in [0.29, 0.717) is 5.02 Å². The highest BCUT2D eigenvalue weighted by atomic mass is 35.5. The van der Waals surface area contributed by atoms with Crippen LogP contribution in [0.4, 0.5) is 0 Å². The number of carbonyl (C=O) groups is 1. The third-order valence-electron chi connectivity index (χ3n) is 3.33. The van der Waals surface area contributed by atoms with Crippen molar-refractivity contribution in [2.45, 2.75) is 29.4 Å². The first-order chi connectivity index (χ1) is 11.8. The van der Waals surface area contributed by atoms with Gasteiger partial charge in [-0.05, 0) is 49.1 Å². The van der Waals surface area contributed by atoms with Crippen LogP contribution in [0.5, 0.6) is 0 Å². The molecule has 0 bridgehead atoms. The van der Waals surface area contributed by atoms with E-state index >= 15 is 0 Å². The van der Waals surface area contributed by atoms with Gasteiger partial charge in [0.15, 0.2) is 0 Å². The number of hydrogen-bond acceptors (Lipinski definition) is 5. The molecule has 0 aliphatic heterocycles. The van der Waals surface area contributed by atoms with Crippen LogP contribution in [0, 0.1) is 0 Å². The van der Waals surface area contributed by atoms with Gasteiger partial charge in [0.2, 0.25) is 10.0 Å². The van der Waals surface area contributed by atoms with Crippen LogP contribution in [-0.4, -0.2) is 26.7 Å². The number of benzene rings is 2. The zero-order chi connectivity index (χ0) is 18.4. The summed E-state index contributed by atoms with van der Waals surface area (Å²) in [6.45, 7) is 1.51. The van der Waals surface area contributed by atoms with Crippen LogP contribution in [0.2, 0.25) is 5.02 Å². The third kappa shape index (κ3) is 5.74. The number of rotatable bonds is 7. The van der Waals surface area contributed by atoms with Crippen molar-refractivity contribution < 1.29 is 17.9 Å². The second kappa shape index (κ2) is 8.71. The van der Waals surface area contributed by atoms with Crippen molar-refractivity contribution in [1.29, 1.82) is 0 Å². The van der Waals surface area contributed by atoms with Gasteiger partial charge in [0.25, 0.3) is 0 Å². The van der Waals surface area contributed by atoms with Crippen LogP contribution in [0.15, 0.2) is 58.3 Å². The highest BCUT2D eigenvalue weighted by Crippen LogP contribution is 2.17. The lowest BCUT2D eigenvalue weighted by Crippen LogP contribution is -2.39. The number of sulfonamides is 1. The summed E-state index contributed by atoms with van der Waals surface area (Å²) in [6.07, 6.45) is 1.97. The lowest BCUT2D eigenvalue weighted by atomic mass is 10.2. The van der Waals surface area contributed by atoms with E-state index in [1.807, 2.05) is 30.5 Å². The lowest BCUT2D eigenvalue weighted by molar-refractivity contribution is -0.146. The van der Waals surface area contributed by atoms with Gasteiger partial charge in [0.1, 0.15) is 12.6 Å². The molecule has 8 heteroatoms. The topological polar surface area (TPSA) is 72.5 Å². The Hall–Kier alpha value is -1.54. The molecule has 0 amide bonds. The molecule has 0 spiro atoms. The van der Waals surface area contributed by atoms with Crippen molar-refractivity contribution in [3.63, 3.8) is 0 Å². The Morgan fingerprint density at radius 1 is 1.24 bits per heavy atom. The maximum atomic E-state index is 12.3. The molecule has 2 rings (SSSR count). The second-order valence-electron chi connectivity index (χ2n) is 5.26. The monoisotopic (exact) mass is 399 g/mol. The Bertz CT molecular complexity index is 838. The van der Waals surface area contributed by atoms with E-state index in [1.54, 1.807) is 17.8 Å². The van der Waals surface area contributed by atoms with Crippen molar-refractivity contribution in [3.8, 4) is 0 Å². The minimum absolute atomic E-state index is 0.00713. The Labute approximate surface area is 156 Å². The van der Waals surface area contributed by atoms with Gasteiger partial charge in [-0.2, -0.15) is 4.72 Å². The molecule has 0 heterocycles. The summed E-state index contributed by atoms with van der Waals surface area (Å²) >= 11 is 7.42. The average Bonchev–Trinajstić information content (AvgIpc) is 2.59. The number of halogens is 1. The third-order valence-corrected chi connectivity index (χ3v) is 5.85. The van der Waals surface area contributed by atoms with Crippen LogP contribution >= 0.6 is 23.4 Å². The highest BCUT2D eigenvalue weighted by molar-refractivity contribution is 7.98. The molecule has 5 nitrogen and oxygen atoms in total. The molecule has 0 radical (unpaired) electrons. The fourth-order valence-electron chi connectivity index (χ4n) is 1.98. The van der Waals surface area contributed by atoms with Crippen molar-refractivity contribution in [3.05, 3.63) is 59.1 Å². The minimum Gasteiger partial charge on any atom is -0.460 e. The van der Waals surface area contributed by atoms with Crippen LogP contribution in [-0.2, 0) is 26.2 Å². The summed E-state index contributed by atoms with van der Waals surface area (Å²) in [5.41, 5.74) is 0.830. The molecule has 2 aromatic rings. The molecule has 0 aliphatic rings. The summed E-state index contributed by atoms with van der Waals surface area (Å²) in [4.78, 5) is 13.1. The zero-order valence-corrected chi connectivity index (χ0v) is 16.1. The number of thioether (sulfide) groups is 1. The molecule has 0 aliphatic carbocycles. The van der Waals surface area contributed by atoms with Gasteiger partial charge >= 0.3 is 5.97 Å². The van der Waals surface area contributed by atoms with E-state index in [4.69, 9.17) is 16.3 Å². The second-order valence-corrected chi connectivity index (χ2v) is 8.29. The quantitative estimate of drug-likeness (QED) is 0.570. The van der Waals surface area contributed by atoms with Gasteiger partial charge in [-0.1, -0.05) is 29.8 Å². The van der Waals surface area contributed by atoms with Gasteiger partial charge in [0, 0.05) is 9.92 Å². The molecule has 0 saturated heterocycles. The molecular weight excluding hydrogens is 382 g/mol. The number of nitrogens with one attached hydrogen (secondary N) is 1. The van der Waals surface area contributed by atoms with Crippen molar-refractivity contribution in [2.75, 3.05) is 6.26 Å². The highest BCUT2D eigenvalue weighted by Gasteiger charge is 2.23. The molecule has 0 aromatic heterocycles. The maximum Gasteiger partial charge on any atom is 0.324 e. The van der Waals surface area contributed by atoms with Crippen LogP contribution in [0.3, 0.4) is 0 Å². The van der Waals surface area contributed by atoms with Crippen molar-refractivity contribution in [2.24, 2.45) is 0 Å². The first-order valence-electron chi connectivity index (χ1n) is 7.39. The van der Waals surface area contributed by atoms with Crippen molar-refractivity contribution >= 4 is 39.4 Å². The zero-order valence-electron chi connectivity index (χ0n) is 13.7. The van der Waals surface area contributed by atoms with Gasteiger partial charge in [-0.25, -0.2) is 8.42 Å². The fraction of sp³-hybridized carbons (Fsp3) is 0.235. The standard InChI is InChI=1S/C17H18ClNO4S2/c1-12(19-25(21,22)16-5-3-4-14(18)10-16)17(20)23-11-13-6-8-15(24-2)9-7-13/h3-10,12,19H,11H2,1-2H3/t12-/m0/s1. The fourth-order valence-corrected chi connectivity index (χ4v) is 3.89. The summed E-state index contributed by atoms with van der Waals surface area (Å²) < 4.78 is 32.0. The van der Waals surface area contributed by atoms with Crippen LogP contribution in [0.1, 0.15) is 12.5 Å². The van der Waals surface area contributed by atoms with E-state index in [9.17, 15) is 13.2 Å². The molecular formula is C17H18ClNO4S2. The Morgan fingerprint density at radius 2 is 1.92 bits per heavy atom. The maximum absolute atomic E-state index is 12.3. The summed E-state index contributed by atoms with van der Waals surface area (Å²) in [5, 5.41) is 0.298. The smallest absolute Gasteiger partial charge is 0.324 e. The van der Waals surface area contributed by atoms with E-state index in [-0.39, 0.29) is 11.5 Å². The van der Waals surface area contributed by atoms with E-state index in [1.165, 1.54) is 25.1 Å². The van der Waals surface area contributed by atoms with E-state index in [2.05, 4.69) is 4.72 Å². The molecule has 1 N–H and O–H groups in total. The van der Waals surface area contributed by atoms with E-state index < -0.39 is 22.0 Å². The Kier molecular flexibility index (Phi) is 6.89. The first-order valence-corrected chi connectivity index (χ1v) is 10.5. The van der Waals surface area contributed by atoms with Crippen LogP contribution in [0.25, 0.3) is 0 Å². The Balaban J connectivity index is 1.95. The predicted octanol–water partition coefficient (Wildman–Crippen LogP) is 3.47. The molecule has 134 valence electrons. The number of carbonyl (C=O) groups excluding carboxylic acids is 1.